The first-order chi connectivity index (χ1) is 10.9. The van der Waals surface area contributed by atoms with Gasteiger partial charge >= 0.3 is 6.09 Å². The Balaban J connectivity index is 1.43. The zero-order chi connectivity index (χ0) is 16.4. The van der Waals surface area contributed by atoms with Gasteiger partial charge in [-0.25, -0.2) is 4.79 Å². The van der Waals surface area contributed by atoms with Gasteiger partial charge < -0.3 is 14.4 Å². The molecule has 0 bridgehead atoms. The highest BCUT2D eigenvalue weighted by Crippen LogP contribution is 2.26. The third kappa shape index (κ3) is 4.18. The van der Waals surface area contributed by atoms with Crippen LogP contribution in [0.5, 0.6) is 5.75 Å². The van der Waals surface area contributed by atoms with Gasteiger partial charge in [0.25, 0.3) is 0 Å². The molecule has 2 aliphatic rings. The molecular formula is C19H27NO3. The van der Waals surface area contributed by atoms with Gasteiger partial charge in [-0.05, 0) is 69.7 Å². The van der Waals surface area contributed by atoms with E-state index in [1.807, 2.05) is 20.8 Å². The van der Waals surface area contributed by atoms with E-state index in [2.05, 4.69) is 18.2 Å². The summed E-state index contributed by atoms with van der Waals surface area (Å²) in [7, 11) is 0. The van der Waals surface area contributed by atoms with E-state index >= 15 is 0 Å². The van der Waals surface area contributed by atoms with Gasteiger partial charge in [-0.1, -0.05) is 6.07 Å². The second-order valence-corrected chi connectivity index (χ2v) is 7.70. The van der Waals surface area contributed by atoms with E-state index in [1.165, 1.54) is 36.8 Å². The lowest BCUT2D eigenvalue weighted by Gasteiger charge is -2.39. The van der Waals surface area contributed by atoms with Crippen LogP contribution in [0.2, 0.25) is 0 Å². The minimum atomic E-state index is -0.429. The molecular weight excluding hydrogens is 290 g/mol. The molecule has 126 valence electrons. The SMILES string of the molecule is CC(C)(C)OC(=O)N1CC(COc2ccc3c(c2)CCCC3)C1. The lowest BCUT2D eigenvalue weighted by atomic mass is 9.92. The summed E-state index contributed by atoms with van der Waals surface area (Å²) in [5, 5.41) is 0. The van der Waals surface area contributed by atoms with E-state index in [0.29, 0.717) is 12.5 Å². The summed E-state index contributed by atoms with van der Waals surface area (Å²) in [5.74, 6) is 1.36. The fraction of sp³-hybridized carbons (Fsp3) is 0.632. The minimum Gasteiger partial charge on any atom is -0.493 e. The summed E-state index contributed by atoms with van der Waals surface area (Å²) >= 11 is 0. The predicted octanol–water partition coefficient (Wildman–Crippen LogP) is 3.81. The molecule has 1 aromatic carbocycles. The summed E-state index contributed by atoms with van der Waals surface area (Å²) in [6.07, 6.45) is 4.73. The van der Waals surface area contributed by atoms with Gasteiger partial charge in [0.1, 0.15) is 11.4 Å². The number of hydrogen-bond donors (Lipinski definition) is 0. The van der Waals surface area contributed by atoms with Crippen LogP contribution in [0, 0.1) is 5.92 Å². The molecule has 1 amide bonds. The number of hydrogen-bond acceptors (Lipinski definition) is 3. The van der Waals surface area contributed by atoms with Crippen molar-refractivity contribution in [3.05, 3.63) is 29.3 Å². The van der Waals surface area contributed by atoms with E-state index in [4.69, 9.17) is 9.47 Å². The predicted molar refractivity (Wildman–Crippen MR) is 89.9 cm³/mol. The van der Waals surface area contributed by atoms with E-state index in [1.54, 1.807) is 4.90 Å². The van der Waals surface area contributed by atoms with Crippen molar-refractivity contribution in [2.75, 3.05) is 19.7 Å². The quantitative estimate of drug-likeness (QED) is 0.851. The molecule has 0 N–H and O–H groups in total. The van der Waals surface area contributed by atoms with Gasteiger partial charge in [0.15, 0.2) is 0 Å². The highest BCUT2D eigenvalue weighted by Gasteiger charge is 2.34. The molecule has 1 aliphatic heterocycles. The molecule has 4 heteroatoms. The third-order valence-corrected chi connectivity index (χ3v) is 4.41. The molecule has 4 nitrogen and oxygen atoms in total. The number of ether oxygens (including phenoxy) is 2. The van der Waals surface area contributed by atoms with E-state index in [9.17, 15) is 4.79 Å². The maximum atomic E-state index is 11.9. The van der Waals surface area contributed by atoms with Crippen LogP contribution in [-0.2, 0) is 17.6 Å². The molecule has 1 heterocycles. The average Bonchev–Trinajstić information content (AvgIpc) is 2.43. The number of aryl methyl sites for hydroxylation is 2. The maximum absolute atomic E-state index is 11.9. The van der Waals surface area contributed by atoms with Crippen LogP contribution in [-0.4, -0.2) is 36.3 Å². The lowest BCUT2D eigenvalue weighted by molar-refractivity contribution is -0.00781. The lowest BCUT2D eigenvalue weighted by Crippen LogP contribution is -2.53. The summed E-state index contributed by atoms with van der Waals surface area (Å²) < 4.78 is 11.3. The molecule has 3 rings (SSSR count). The Morgan fingerprint density at radius 3 is 2.57 bits per heavy atom. The second kappa shape index (κ2) is 6.42. The summed E-state index contributed by atoms with van der Waals surface area (Å²) in [6, 6.07) is 6.48. The average molecular weight is 317 g/mol. The number of benzene rings is 1. The highest BCUT2D eigenvalue weighted by molar-refractivity contribution is 5.69. The first kappa shape index (κ1) is 16.2. The van der Waals surface area contributed by atoms with Crippen LogP contribution in [0.15, 0.2) is 18.2 Å². The van der Waals surface area contributed by atoms with Gasteiger partial charge in [0.05, 0.1) is 6.61 Å². The van der Waals surface area contributed by atoms with Crippen molar-refractivity contribution in [3.8, 4) is 5.75 Å². The summed E-state index contributed by atoms with van der Waals surface area (Å²) in [6.45, 7) is 7.78. The molecule has 23 heavy (non-hydrogen) atoms. The number of carbonyl (C=O) groups is 1. The van der Waals surface area contributed by atoms with Crippen molar-refractivity contribution in [1.82, 2.24) is 4.90 Å². The van der Waals surface area contributed by atoms with Gasteiger partial charge in [-0.3, -0.25) is 0 Å². The highest BCUT2D eigenvalue weighted by atomic mass is 16.6. The number of likely N-dealkylation sites (tertiary alicyclic amines) is 1. The minimum absolute atomic E-state index is 0.220. The molecule has 1 fully saturated rings. The van der Waals surface area contributed by atoms with Crippen molar-refractivity contribution in [1.29, 1.82) is 0 Å². The van der Waals surface area contributed by atoms with E-state index in [-0.39, 0.29) is 6.09 Å². The standard InChI is InChI=1S/C19H27NO3/c1-19(2,3)23-18(21)20-11-14(12-20)13-22-17-9-8-15-6-4-5-7-16(15)10-17/h8-10,14H,4-7,11-13H2,1-3H3. The van der Waals surface area contributed by atoms with Crippen molar-refractivity contribution >= 4 is 6.09 Å². The van der Waals surface area contributed by atoms with Crippen LogP contribution in [0.3, 0.4) is 0 Å². The Labute approximate surface area is 138 Å². The first-order valence-corrected chi connectivity index (χ1v) is 8.63. The largest absolute Gasteiger partial charge is 0.493 e. The maximum Gasteiger partial charge on any atom is 0.410 e. The van der Waals surface area contributed by atoms with Crippen molar-refractivity contribution in [3.63, 3.8) is 0 Å². The first-order valence-electron chi connectivity index (χ1n) is 8.63. The van der Waals surface area contributed by atoms with E-state index < -0.39 is 5.60 Å². The molecule has 0 saturated carbocycles. The monoisotopic (exact) mass is 317 g/mol. The van der Waals surface area contributed by atoms with Crippen molar-refractivity contribution in [2.45, 2.75) is 52.1 Å². The fourth-order valence-corrected chi connectivity index (χ4v) is 3.16. The molecule has 1 aromatic rings. The van der Waals surface area contributed by atoms with Gasteiger partial charge in [0.2, 0.25) is 0 Å². The van der Waals surface area contributed by atoms with Crippen LogP contribution in [0.4, 0.5) is 4.79 Å². The molecule has 0 unspecified atom stereocenters. The summed E-state index contributed by atoms with van der Waals surface area (Å²) in [4.78, 5) is 13.6. The molecule has 1 saturated heterocycles. The Morgan fingerprint density at radius 2 is 1.87 bits per heavy atom. The Hall–Kier alpha value is -1.71. The number of fused-ring (bicyclic) bond motifs is 1. The van der Waals surface area contributed by atoms with Crippen LogP contribution in [0.25, 0.3) is 0 Å². The second-order valence-electron chi connectivity index (χ2n) is 7.70. The normalized spacial score (nSPS) is 18.1. The van der Waals surface area contributed by atoms with Gasteiger partial charge in [0, 0.05) is 19.0 Å². The Bertz CT molecular complexity index is 570. The zero-order valence-corrected chi connectivity index (χ0v) is 14.4. The number of carbonyl (C=O) groups excluding carboxylic acids is 1. The molecule has 1 aliphatic carbocycles. The zero-order valence-electron chi connectivity index (χ0n) is 14.4. The third-order valence-electron chi connectivity index (χ3n) is 4.41. The van der Waals surface area contributed by atoms with Crippen LogP contribution in [0.1, 0.15) is 44.7 Å². The number of rotatable bonds is 3. The molecule has 0 spiro atoms. The van der Waals surface area contributed by atoms with Gasteiger partial charge in [-0.2, -0.15) is 0 Å². The van der Waals surface area contributed by atoms with Crippen molar-refractivity contribution < 1.29 is 14.3 Å². The van der Waals surface area contributed by atoms with Gasteiger partial charge in [-0.15, -0.1) is 0 Å². The smallest absolute Gasteiger partial charge is 0.410 e. The Kier molecular flexibility index (Phi) is 4.51. The molecule has 0 radical (unpaired) electrons. The molecule has 0 atom stereocenters. The number of amides is 1. The molecule has 0 aromatic heterocycles. The fourth-order valence-electron chi connectivity index (χ4n) is 3.16. The van der Waals surface area contributed by atoms with Crippen LogP contribution >= 0.6 is 0 Å². The topological polar surface area (TPSA) is 38.8 Å². The van der Waals surface area contributed by atoms with Crippen molar-refractivity contribution in [2.24, 2.45) is 5.92 Å². The van der Waals surface area contributed by atoms with Crippen LogP contribution < -0.4 is 4.74 Å². The van der Waals surface area contributed by atoms with E-state index in [0.717, 1.165) is 18.8 Å². The summed E-state index contributed by atoms with van der Waals surface area (Å²) in [5.41, 5.74) is 2.49. The Morgan fingerprint density at radius 1 is 1.17 bits per heavy atom. The number of nitrogens with zero attached hydrogens (tertiary/aromatic N) is 1.